The van der Waals surface area contributed by atoms with E-state index in [2.05, 4.69) is 5.32 Å². The van der Waals surface area contributed by atoms with Crippen molar-refractivity contribution in [1.29, 1.82) is 0 Å². The molecular formula is C16H17ClN2O3. The van der Waals surface area contributed by atoms with Crippen LogP contribution in [-0.2, 0) is 16.1 Å². The summed E-state index contributed by atoms with van der Waals surface area (Å²) in [5.74, 6) is 0.164. The number of amides is 2. The fourth-order valence-corrected chi connectivity index (χ4v) is 2.23. The summed E-state index contributed by atoms with van der Waals surface area (Å²) in [6.45, 7) is 3.49. The van der Waals surface area contributed by atoms with Crippen molar-refractivity contribution < 1.29 is 14.0 Å². The number of nitrogens with one attached hydrogen (secondary N) is 1. The van der Waals surface area contributed by atoms with Crippen LogP contribution in [0.25, 0.3) is 0 Å². The molecule has 0 aliphatic carbocycles. The maximum atomic E-state index is 12.1. The van der Waals surface area contributed by atoms with Gasteiger partial charge in [0.2, 0.25) is 11.8 Å². The van der Waals surface area contributed by atoms with Gasteiger partial charge in [0.1, 0.15) is 12.3 Å². The highest BCUT2D eigenvalue weighted by Gasteiger charge is 2.16. The number of hydrogen-bond donors (Lipinski definition) is 1. The monoisotopic (exact) mass is 320 g/mol. The SMILES string of the molecule is CC(=O)N(CC(=O)Nc1ccc(Cl)cc1C)Cc1ccco1. The second-order valence-electron chi connectivity index (χ2n) is 4.96. The second kappa shape index (κ2) is 7.13. The fourth-order valence-electron chi connectivity index (χ4n) is 2.00. The highest BCUT2D eigenvalue weighted by atomic mass is 35.5. The number of benzene rings is 1. The van der Waals surface area contributed by atoms with Gasteiger partial charge >= 0.3 is 0 Å². The van der Waals surface area contributed by atoms with Crippen LogP contribution in [0.15, 0.2) is 41.0 Å². The third-order valence-corrected chi connectivity index (χ3v) is 3.40. The second-order valence-corrected chi connectivity index (χ2v) is 5.40. The standard InChI is InChI=1S/C16H17ClN2O3/c1-11-8-13(17)5-6-15(11)18-16(21)10-19(12(2)20)9-14-4-3-7-22-14/h3-8H,9-10H2,1-2H3,(H,18,21). The number of aryl methyl sites for hydroxylation is 1. The van der Waals surface area contributed by atoms with E-state index in [-0.39, 0.29) is 24.9 Å². The van der Waals surface area contributed by atoms with E-state index < -0.39 is 0 Å². The van der Waals surface area contributed by atoms with Gasteiger partial charge in [0.15, 0.2) is 0 Å². The Morgan fingerprint density at radius 3 is 2.68 bits per heavy atom. The Labute approximate surface area is 133 Å². The Morgan fingerprint density at radius 2 is 2.09 bits per heavy atom. The number of anilines is 1. The summed E-state index contributed by atoms with van der Waals surface area (Å²) in [7, 11) is 0. The predicted molar refractivity (Wildman–Crippen MR) is 84.6 cm³/mol. The third kappa shape index (κ3) is 4.36. The van der Waals surface area contributed by atoms with Crippen LogP contribution in [0.4, 0.5) is 5.69 Å². The van der Waals surface area contributed by atoms with E-state index in [0.717, 1.165) is 5.56 Å². The zero-order chi connectivity index (χ0) is 16.1. The van der Waals surface area contributed by atoms with E-state index in [1.54, 1.807) is 30.3 Å². The van der Waals surface area contributed by atoms with Gasteiger partial charge in [0.25, 0.3) is 0 Å². The first-order chi connectivity index (χ1) is 10.5. The molecule has 0 bridgehead atoms. The van der Waals surface area contributed by atoms with E-state index in [1.807, 2.05) is 6.92 Å². The molecule has 0 aliphatic heterocycles. The van der Waals surface area contributed by atoms with Crippen molar-refractivity contribution in [2.24, 2.45) is 0 Å². The average Bonchev–Trinajstić information content (AvgIpc) is 2.94. The zero-order valence-electron chi connectivity index (χ0n) is 12.4. The summed E-state index contributed by atoms with van der Waals surface area (Å²) in [6, 6.07) is 8.71. The van der Waals surface area contributed by atoms with Gasteiger partial charge in [-0.25, -0.2) is 0 Å². The minimum atomic E-state index is -0.271. The van der Waals surface area contributed by atoms with Crippen LogP contribution in [0, 0.1) is 6.92 Å². The van der Waals surface area contributed by atoms with Crippen molar-refractivity contribution >= 4 is 29.1 Å². The van der Waals surface area contributed by atoms with Gasteiger partial charge in [-0.1, -0.05) is 11.6 Å². The molecule has 0 unspecified atom stereocenters. The molecule has 0 saturated carbocycles. The number of nitrogens with zero attached hydrogens (tertiary/aromatic N) is 1. The first-order valence-corrected chi connectivity index (χ1v) is 7.17. The molecule has 6 heteroatoms. The first kappa shape index (κ1) is 16.1. The Balaban J connectivity index is 2.00. The molecule has 0 radical (unpaired) electrons. The van der Waals surface area contributed by atoms with Crippen molar-refractivity contribution in [3.8, 4) is 0 Å². The number of carbonyl (C=O) groups is 2. The Hall–Kier alpha value is -2.27. The molecule has 1 N–H and O–H groups in total. The third-order valence-electron chi connectivity index (χ3n) is 3.17. The molecular weight excluding hydrogens is 304 g/mol. The van der Waals surface area contributed by atoms with Crippen LogP contribution in [-0.4, -0.2) is 23.3 Å². The number of hydrogen-bond acceptors (Lipinski definition) is 3. The lowest BCUT2D eigenvalue weighted by Gasteiger charge is -2.19. The van der Waals surface area contributed by atoms with Crippen molar-refractivity contribution in [3.63, 3.8) is 0 Å². The zero-order valence-corrected chi connectivity index (χ0v) is 13.2. The Morgan fingerprint density at radius 1 is 1.32 bits per heavy atom. The molecule has 0 spiro atoms. The molecule has 5 nitrogen and oxygen atoms in total. The van der Waals surface area contributed by atoms with Crippen molar-refractivity contribution in [3.05, 3.63) is 52.9 Å². The van der Waals surface area contributed by atoms with Crippen LogP contribution in [0.3, 0.4) is 0 Å². The van der Waals surface area contributed by atoms with E-state index in [9.17, 15) is 9.59 Å². The molecule has 0 atom stereocenters. The van der Waals surface area contributed by atoms with Gasteiger partial charge in [0.05, 0.1) is 12.8 Å². The molecule has 0 fully saturated rings. The molecule has 2 aromatic rings. The fraction of sp³-hybridized carbons (Fsp3) is 0.250. The molecule has 0 aliphatic rings. The van der Waals surface area contributed by atoms with Crippen LogP contribution >= 0.6 is 11.6 Å². The van der Waals surface area contributed by atoms with Crippen molar-refractivity contribution in [2.45, 2.75) is 20.4 Å². The normalized spacial score (nSPS) is 10.3. The molecule has 1 heterocycles. The summed E-state index contributed by atoms with van der Waals surface area (Å²) >= 11 is 5.88. The van der Waals surface area contributed by atoms with Crippen molar-refractivity contribution in [2.75, 3.05) is 11.9 Å². The number of furan rings is 1. The number of carbonyl (C=O) groups excluding carboxylic acids is 2. The van der Waals surface area contributed by atoms with Gasteiger partial charge < -0.3 is 14.6 Å². The van der Waals surface area contributed by atoms with Crippen LogP contribution in [0.2, 0.25) is 5.02 Å². The summed E-state index contributed by atoms with van der Waals surface area (Å²) < 4.78 is 5.21. The first-order valence-electron chi connectivity index (χ1n) is 6.79. The van der Waals surface area contributed by atoms with Gasteiger partial charge in [0, 0.05) is 17.6 Å². The molecule has 2 rings (SSSR count). The molecule has 116 valence electrons. The summed E-state index contributed by atoms with van der Waals surface area (Å²) in [5, 5.41) is 3.39. The minimum Gasteiger partial charge on any atom is -0.467 e. The number of halogens is 1. The van der Waals surface area contributed by atoms with E-state index in [4.69, 9.17) is 16.0 Å². The van der Waals surface area contributed by atoms with Gasteiger partial charge in [-0.15, -0.1) is 0 Å². The topological polar surface area (TPSA) is 62.6 Å². The Kier molecular flexibility index (Phi) is 5.22. The molecule has 1 aromatic heterocycles. The van der Waals surface area contributed by atoms with Gasteiger partial charge in [-0.05, 0) is 42.8 Å². The molecule has 22 heavy (non-hydrogen) atoms. The van der Waals surface area contributed by atoms with Crippen LogP contribution in [0.5, 0.6) is 0 Å². The maximum Gasteiger partial charge on any atom is 0.244 e. The summed E-state index contributed by atoms with van der Waals surface area (Å²) in [5.41, 5.74) is 1.54. The summed E-state index contributed by atoms with van der Waals surface area (Å²) in [4.78, 5) is 25.2. The predicted octanol–water partition coefficient (Wildman–Crippen LogP) is 3.23. The molecule has 1 aromatic carbocycles. The molecule has 2 amide bonds. The van der Waals surface area contributed by atoms with E-state index in [0.29, 0.717) is 16.5 Å². The smallest absolute Gasteiger partial charge is 0.244 e. The van der Waals surface area contributed by atoms with Gasteiger partial charge in [-0.3, -0.25) is 9.59 Å². The highest BCUT2D eigenvalue weighted by molar-refractivity contribution is 6.30. The van der Waals surface area contributed by atoms with Crippen LogP contribution < -0.4 is 5.32 Å². The summed E-state index contributed by atoms with van der Waals surface area (Å²) in [6.07, 6.45) is 1.53. The van der Waals surface area contributed by atoms with E-state index in [1.165, 1.54) is 18.1 Å². The van der Waals surface area contributed by atoms with E-state index >= 15 is 0 Å². The highest BCUT2D eigenvalue weighted by Crippen LogP contribution is 2.19. The molecule has 0 saturated heterocycles. The van der Waals surface area contributed by atoms with Gasteiger partial charge in [-0.2, -0.15) is 0 Å². The Bertz CT molecular complexity index is 668. The van der Waals surface area contributed by atoms with Crippen molar-refractivity contribution in [1.82, 2.24) is 4.90 Å². The number of rotatable bonds is 5. The lowest BCUT2D eigenvalue weighted by molar-refractivity contribution is -0.133. The van der Waals surface area contributed by atoms with Crippen LogP contribution in [0.1, 0.15) is 18.2 Å². The minimum absolute atomic E-state index is 0.0436. The lowest BCUT2D eigenvalue weighted by Crippen LogP contribution is -2.36. The largest absolute Gasteiger partial charge is 0.467 e. The lowest BCUT2D eigenvalue weighted by atomic mass is 10.2. The average molecular weight is 321 g/mol. The maximum absolute atomic E-state index is 12.1. The quantitative estimate of drug-likeness (QED) is 0.920.